The molecule has 150 valence electrons. The van der Waals surface area contributed by atoms with Gasteiger partial charge in [0.05, 0.1) is 7.11 Å². The van der Waals surface area contributed by atoms with Gasteiger partial charge in [0.15, 0.2) is 5.11 Å². The van der Waals surface area contributed by atoms with Crippen LogP contribution in [0.1, 0.15) is 21.5 Å². The zero-order valence-corrected chi connectivity index (χ0v) is 18.6. The van der Waals surface area contributed by atoms with Gasteiger partial charge in [-0.05, 0) is 61.5 Å². The van der Waals surface area contributed by atoms with Gasteiger partial charge in [0.25, 0.3) is 5.91 Å². The van der Waals surface area contributed by atoms with Gasteiger partial charge in [-0.2, -0.15) is 0 Å². The third kappa shape index (κ3) is 6.41. The summed E-state index contributed by atoms with van der Waals surface area (Å²) in [6.45, 7) is 3.92. The lowest BCUT2D eigenvalue weighted by atomic mass is 10.1. The summed E-state index contributed by atoms with van der Waals surface area (Å²) in [6, 6.07) is 12.5. The SMILES string of the molecule is COc1cccc(C(=O)N[C@H](NC(=S)Nc2cc(C)ccc2C)C(Cl)(Cl)Cl)c1. The lowest BCUT2D eigenvalue weighted by molar-refractivity contribution is 0.0934. The van der Waals surface area contributed by atoms with Crippen molar-refractivity contribution in [2.75, 3.05) is 12.4 Å². The molecule has 5 nitrogen and oxygen atoms in total. The van der Waals surface area contributed by atoms with Gasteiger partial charge in [-0.1, -0.05) is 53.0 Å². The van der Waals surface area contributed by atoms with E-state index in [1.165, 1.54) is 7.11 Å². The summed E-state index contributed by atoms with van der Waals surface area (Å²) in [6.07, 6.45) is -1.07. The molecule has 2 aromatic rings. The van der Waals surface area contributed by atoms with Gasteiger partial charge < -0.3 is 20.7 Å². The molecule has 0 aromatic heterocycles. The van der Waals surface area contributed by atoms with E-state index in [0.29, 0.717) is 11.3 Å². The highest BCUT2D eigenvalue weighted by atomic mass is 35.6. The van der Waals surface area contributed by atoms with E-state index in [-0.39, 0.29) is 5.11 Å². The first kappa shape index (κ1) is 22.6. The minimum atomic E-state index is -1.85. The Morgan fingerprint density at radius 2 is 1.82 bits per heavy atom. The lowest BCUT2D eigenvalue weighted by Gasteiger charge is -2.28. The lowest BCUT2D eigenvalue weighted by Crippen LogP contribution is -2.56. The highest BCUT2D eigenvalue weighted by molar-refractivity contribution is 7.80. The number of methoxy groups -OCH3 is 1. The van der Waals surface area contributed by atoms with Crippen LogP contribution in [0.15, 0.2) is 42.5 Å². The fraction of sp³-hybridized carbons (Fsp3) is 0.263. The summed E-state index contributed by atoms with van der Waals surface area (Å²) in [4.78, 5) is 12.6. The Balaban J connectivity index is 2.12. The molecule has 0 aliphatic carbocycles. The molecule has 28 heavy (non-hydrogen) atoms. The fourth-order valence-corrected chi connectivity index (χ4v) is 2.89. The number of rotatable bonds is 5. The molecule has 1 amide bonds. The van der Waals surface area contributed by atoms with E-state index in [1.54, 1.807) is 24.3 Å². The van der Waals surface area contributed by atoms with E-state index in [2.05, 4.69) is 16.0 Å². The number of hydrogen-bond acceptors (Lipinski definition) is 3. The van der Waals surface area contributed by atoms with Crippen LogP contribution in [-0.4, -0.2) is 28.1 Å². The van der Waals surface area contributed by atoms with Crippen LogP contribution < -0.4 is 20.7 Å². The maximum atomic E-state index is 12.6. The molecule has 0 unspecified atom stereocenters. The predicted octanol–water partition coefficient (Wildman–Crippen LogP) is 4.72. The Morgan fingerprint density at radius 1 is 1.11 bits per heavy atom. The van der Waals surface area contributed by atoms with Gasteiger partial charge in [-0.3, -0.25) is 4.79 Å². The number of carbonyl (C=O) groups is 1. The maximum absolute atomic E-state index is 12.6. The van der Waals surface area contributed by atoms with Crippen LogP contribution in [0.3, 0.4) is 0 Å². The second-order valence-corrected chi connectivity index (χ2v) is 8.87. The van der Waals surface area contributed by atoms with Crippen molar-refractivity contribution in [1.82, 2.24) is 10.6 Å². The first-order chi connectivity index (χ1) is 13.1. The highest BCUT2D eigenvalue weighted by Gasteiger charge is 2.35. The largest absolute Gasteiger partial charge is 0.497 e. The molecule has 0 radical (unpaired) electrons. The van der Waals surface area contributed by atoms with Crippen LogP contribution in [0.25, 0.3) is 0 Å². The Hall–Kier alpha value is -1.73. The van der Waals surface area contributed by atoms with E-state index < -0.39 is 15.9 Å². The molecule has 0 bridgehead atoms. The Labute approximate surface area is 184 Å². The number of anilines is 1. The summed E-state index contributed by atoms with van der Waals surface area (Å²) < 4.78 is 3.28. The normalized spacial score (nSPS) is 12.1. The summed E-state index contributed by atoms with van der Waals surface area (Å²) in [5.74, 6) is 0.0930. The molecule has 0 spiro atoms. The van der Waals surface area contributed by atoms with Crippen molar-refractivity contribution in [2.24, 2.45) is 0 Å². The van der Waals surface area contributed by atoms with Crippen LogP contribution in [0.5, 0.6) is 5.75 Å². The molecule has 9 heteroatoms. The van der Waals surface area contributed by atoms with Gasteiger partial charge in [-0.15, -0.1) is 0 Å². The number of nitrogens with one attached hydrogen (secondary N) is 3. The van der Waals surface area contributed by atoms with Gasteiger partial charge in [0.1, 0.15) is 11.9 Å². The van der Waals surface area contributed by atoms with Gasteiger partial charge in [-0.25, -0.2) is 0 Å². The van der Waals surface area contributed by atoms with Crippen LogP contribution in [0.2, 0.25) is 0 Å². The maximum Gasteiger partial charge on any atom is 0.253 e. The van der Waals surface area contributed by atoms with Crippen molar-refractivity contribution in [3.63, 3.8) is 0 Å². The van der Waals surface area contributed by atoms with Gasteiger partial charge in [0, 0.05) is 11.3 Å². The molecule has 2 rings (SSSR count). The number of carbonyl (C=O) groups excluding carboxylic acids is 1. The second kappa shape index (κ2) is 9.65. The van der Waals surface area contributed by atoms with Gasteiger partial charge >= 0.3 is 0 Å². The summed E-state index contributed by atoms with van der Waals surface area (Å²) in [5.41, 5.74) is 3.24. The number of benzene rings is 2. The number of aryl methyl sites for hydroxylation is 2. The number of ether oxygens (including phenoxy) is 1. The summed E-state index contributed by atoms with van der Waals surface area (Å²) >= 11 is 23.4. The standard InChI is InChI=1S/C19H20Cl3N3O2S/c1-11-7-8-12(2)15(9-11)23-18(28)25-17(19(20,21)22)24-16(26)13-5-4-6-14(10-13)27-3/h4-10,17H,1-3H3,(H,24,26)(H2,23,25,28)/t17-/m1/s1. The Bertz CT molecular complexity index is 872. The minimum Gasteiger partial charge on any atom is -0.497 e. The first-order valence-corrected chi connectivity index (χ1v) is 9.81. The van der Waals surface area contributed by atoms with E-state index >= 15 is 0 Å². The topological polar surface area (TPSA) is 62.4 Å². The molecule has 2 aromatic carbocycles. The third-order valence-corrected chi connectivity index (χ3v) is 4.73. The molecule has 0 saturated carbocycles. The number of thiocarbonyl (C=S) groups is 1. The third-order valence-electron chi connectivity index (χ3n) is 3.85. The van der Waals surface area contributed by atoms with E-state index in [4.69, 9.17) is 51.8 Å². The number of amides is 1. The minimum absolute atomic E-state index is 0.205. The molecular weight excluding hydrogens is 441 g/mol. The van der Waals surface area contributed by atoms with Gasteiger partial charge in [0.2, 0.25) is 3.79 Å². The number of halogens is 3. The number of hydrogen-bond donors (Lipinski definition) is 3. The zero-order chi connectivity index (χ0) is 20.9. The smallest absolute Gasteiger partial charge is 0.253 e. The molecule has 0 saturated heterocycles. The monoisotopic (exact) mass is 459 g/mol. The summed E-state index contributed by atoms with van der Waals surface area (Å²) in [7, 11) is 1.51. The quantitative estimate of drug-likeness (QED) is 0.342. The van der Waals surface area contributed by atoms with E-state index in [1.807, 2.05) is 32.0 Å². The molecular formula is C19H20Cl3N3O2S. The first-order valence-electron chi connectivity index (χ1n) is 8.26. The Morgan fingerprint density at radius 3 is 2.46 bits per heavy atom. The molecule has 0 aliphatic rings. The number of alkyl halides is 3. The van der Waals surface area contributed by atoms with Crippen LogP contribution in [0, 0.1) is 13.8 Å². The van der Waals surface area contributed by atoms with Crippen LogP contribution in [0.4, 0.5) is 5.69 Å². The van der Waals surface area contributed by atoms with E-state index in [9.17, 15) is 4.79 Å². The van der Waals surface area contributed by atoms with Crippen molar-refractivity contribution < 1.29 is 9.53 Å². The van der Waals surface area contributed by atoms with Crippen molar-refractivity contribution in [3.05, 3.63) is 59.2 Å². The van der Waals surface area contributed by atoms with E-state index in [0.717, 1.165) is 16.8 Å². The van der Waals surface area contributed by atoms with Crippen LogP contribution in [-0.2, 0) is 0 Å². The average Bonchev–Trinajstić information content (AvgIpc) is 2.63. The van der Waals surface area contributed by atoms with Crippen molar-refractivity contribution in [2.45, 2.75) is 23.8 Å². The molecule has 0 fully saturated rings. The molecule has 0 heterocycles. The van der Waals surface area contributed by atoms with Crippen molar-refractivity contribution in [3.8, 4) is 5.75 Å². The van der Waals surface area contributed by atoms with Crippen molar-refractivity contribution >= 4 is 63.7 Å². The zero-order valence-electron chi connectivity index (χ0n) is 15.5. The molecule has 0 aliphatic heterocycles. The predicted molar refractivity (Wildman–Crippen MR) is 120 cm³/mol. The highest BCUT2D eigenvalue weighted by Crippen LogP contribution is 2.29. The average molecular weight is 461 g/mol. The molecule has 3 N–H and O–H groups in total. The van der Waals surface area contributed by atoms with Crippen molar-refractivity contribution in [1.29, 1.82) is 0 Å². The van der Waals surface area contributed by atoms with Crippen LogP contribution >= 0.6 is 47.0 Å². The Kier molecular flexibility index (Phi) is 7.78. The molecule has 1 atom stereocenters. The second-order valence-electron chi connectivity index (χ2n) is 6.10. The summed E-state index contributed by atoms with van der Waals surface area (Å²) in [5, 5.41) is 8.74. The fourth-order valence-electron chi connectivity index (χ4n) is 2.34.